The molecule has 0 saturated carbocycles. The third-order valence-electron chi connectivity index (χ3n) is 4.97. The number of fused-ring (bicyclic) bond motifs is 2. The van der Waals surface area contributed by atoms with Gasteiger partial charge in [0, 0.05) is 35.6 Å². The van der Waals surface area contributed by atoms with Gasteiger partial charge in [-0.05, 0) is 23.8 Å². The predicted molar refractivity (Wildman–Crippen MR) is 120 cm³/mol. The van der Waals surface area contributed by atoms with E-state index in [4.69, 9.17) is 16.2 Å². The lowest BCUT2D eigenvalue weighted by molar-refractivity contribution is 0.331. The van der Waals surface area contributed by atoms with Crippen molar-refractivity contribution >= 4 is 44.7 Å². The number of hydrogen-bond donors (Lipinski definition) is 2. The van der Waals surface area contributed by atoms with Gasteiger partial charge in [-0.1, -0.05) is 30.1 Å². The summed E-state index contributed by atoms with van der Waals surface area (Å²) in [5.41, 5.74) is 16.3. The standard InChI is InChI=1S/C21H19N7OS/c1-2-12-9-25-20(22)27-18(12)28-5-6-29-17-4-3-13(7-15(17)11-28)14-8-16-19(24-10-14)30-21(23)26-16/h2-4,7-10H,1,5-6,11H2,(H2,23,26)(H2,22,25,27). The first-order valence-electron chi connectivity index (χ1n) is 9.39. The molecule has 0 aliphatic carbocycles. The number of pyridine rings is 1. The monoisotopic (exact) mass is 417 g/mol. The molecule has 0 spiro atoms. The number of hydrogen-bond acceptors (Lipinski definition) is 9. The lowest BCUT2D eigenvalue weighted by atomic mass is 10.0. The minimum Gasteiger partial charge on any atom is -0.491 e. The molecule has 1 aliphatic rings. The minimum absolute atomic E-state index is 0.233. The number of nitrogens with zero attached hydrogens (tertiary/aromatic N) is 5. The van der Waals surface area contributed by atoms with E-state index in [9.17, 15) is 0 Å². The second-order valence-corrected chi connectivity index (χ2v) is 7.91. The number of ether oxygens (including phenoxy) is 1. The Labute approximate surface area is 176 Å². The summed E-state index contributed by atoms with van der Waals surface area (Å²) in [6.45, 7) is 5.70. The summed E-state index contributed by atoms with van der Waals surface area (Å²) in [5.74, 6) is 1.84. The first-order chi connectivity index (χ1) is 14.6. The van der Waals surface area contributed by atoms with Crippen LogP contribution in [0.2, 0.25) is 0 Å². The molecule has 0 amide bonds. The van der Waals surface area contributed by atoms with Crippen molar-refractivity contribution in [3.63, 3.8) is 0 Å². The molecule has 30 heavy (non-hydrogen) atoms. The number of rotatable bonds is 3. The molecule has 0 saturated heterocycles. The zero-order valence-corrected chi connectivity index (χ0v) is 16.9. The predicted octanol–water partition coefficient (Wildman–Crippen LogP) is 3.35. The summed E-state index contributed by atoms with van der Waals surface area (Å²) in [6, 6.07) is 8.15. The molecule has 0 atom stereocenters. The van der Waals surface area contributed by atoms with Crippen molar-refractivity contribution in [2.45, 2.75) is 6.54 Å². The Morgan fingerprint density at radius 3 is 2.87 bits per heavy atom. The van der Waals surface area contributed by atoms with Crippen molar-refractivity contribution in [3.8, 4) is 16.9 Å². The van der Waals surface area contributed by atoms with Gasteiger partial charge in [-0.3, -0.25) is 0 Å². The van der Waals surface area contributed by atoms with Gasteiger partial charge in [0.25, 0.3) is 0 Å². The molecule has 150 valence electrons. The molecule has 0 bridgehead atoms. The van der Waals surface area contributed by atoms with Gasteiger partial charge in [-0.15, -0.1) is 0 Å². The Hall–Kier alpha value is -3.72. The number of nitrogen functional groups attached to an aromatic ring is 2. The van der Waals surface area contributed by atoms with Gasteiger partial charge in [0.1, 0.15) is 28.5 Å². The molecule has 8 nitrogen and oxygen atoms in total. The fraction of sp³-hybridized carbons (Fsp3) is 0.143. The van der Waals surface area contributed by atoms with Crippen molar-refractivity contribution in [3.05, 3.63) is 54.4 Å². The molecule has 9 heteroatoms. The maximum atomic E-state index is 5.98. The lowest BCUT2D eigenvalue weighted by Crippen LogP contribution is -2.27. The molecule has 4 N–H and O–H groups in total. The molecule has 4 heterocycles. The molecular weight excluding hydrogens is 398 g/mol. The molecule has 0 radical (unpaired) electrons. The van der Waals surface area contributed by atoms with E-state index < -0.39 is 0 Å². The van der Waals surface area contributed by atoms with Crippen molar-refractivity contribution in [1.82, 2.24) is 19.9 Å². The highest BCUT2D eigenvalue weighted by molar-refractivity contribution is 7.21. The van der Waals surface area contributed by atoms with Gasteiger partial charge >= 0.3 is 0 Å². The van der Waals surface area contributed by atoms with Crippen molar-refractivity contribution in [2.24, 2.45) is 0 Å². The average molecular weight is 417 g/mol. The molecule has 3 aromatic heterocycles. The second-order valence-electron chi connectivity index (χ2n) is 6.90. The maximum Gasteiger partial charge on any atom is 0.221 e. The number of anilines is 3. The lowest BCUT2D eigenvalue weighted by Gasteiger charge is -2.23. The van der Waals surface area contributed by atoms with Crippen LogP contribution in [0.5, 0.6) is 5.75 Å². The van der Waals surface area contributed by atoms with E-state index in [2.05, 4.69) is 37.5 Å². The van der Waals surface area contributed by atoms with E-state index in [1.165, 1.54) is 11.3 Å². The molecular formula is C21H19N7OS. The highest BCUT2D eigenvalue weighted by atomic mass is 32.1. The maximum absolute atomic E-state index is 5.98. The Kier molecular flexibility index (Phi) is 4.44. The van der Waals surface area contributed by atoms with Crippen molar-refractivity contribution in [2.75, 3.05) is 29.5 Å². The van der Waals surface area contributed by atoms with Gasteiger partial charge in [0.15, 0.2) is 5.13 Å². The fourth-order valence-electron chi connectivity index (χ4n) is 3.55. The van der Waals surface area contributed by atoms with Crippen LogP contribution in [0.25, 0.3) is 27.6 Å². The van der Waals surface area contributed by atoms with Crippen LogP contribution >= 0.6 is 11.3 Å². The van der Waals surface area contributed by atoms with Gasteiger partial charge in [-0.2, -0.15) is 4.98 Å². The first kappa shape index (κ1) is 18.3. The van der Waals surface area contributed by atoms with Gasteiger partial charge in [0.05, 0.1) is 6.54 Å². The van der Waals surface area contributed by atoms with Crippen LogP contribution in [-0.2, 0) is 6.54 Å². The first-order valence-corrected chi connectivity index (χ1v) is 10.2. The summed E-state index contributed by atoms with van der Waals surface area (Å²) < 4.78 is 5.98. The topological polar surface area (TPSA) is 116 Å². The summed E-state index contributed by atoms with van der Waals surface area (Å²) in [5, 5.41) is 0.516. The van der Waals surface area contributed by atoms with Crippen LogP contribution in [0, 0.1) is 0 Å². The second kappa shape index (κ2) is 7.27. The smallest absolute Gasteiger partial charge is 0.221 e. The average Bonchev–Trinajstić information content (AvgIpc) is 2.99. The number of benzene rings is 1. The van der Waals surface area contributed by atoms with Gasteiger partial charge in [0.2, 0.25) is 5.95 Å². The SMILES string of the molecule is C=Cc1cnc(N)nc1N1CCOc2ccc(-c3cnc4sc(N)nc4c3)cc2C1. The van der Waals surface area contributed by atoms with Crippen LogP contribution in [-0.4, -0.2) is 33.1 Å². The van der Waals surface area contributed by atoms with E-state index in [1.807, 2.05) is 24.4 Å². The van der Waals surface area contributed by atoms with E-state index in [-0.39, 0.29) is 5.95 Å². The van der Waals surface area contributed by atoms with Crippen LogP contribution < -0.4 is 21.1 Å². The molecule has 4 aromatic rings. The fourth-order valence-corrected chi connectivity index (χ4v) is 4.20. The molecule has 0 fully saturated rings. The Morgan fingerprint density at radius 2 is 2.00 bits per heavy atom. The van der Waals surface area contributed by atoms with E-state index in [0.717, 1.165) is 44.2 Å². The van der Waals surface area contributed by atoms with Crippen LogP contribution in [0.4, 0.5) is 16.9 Å². The Morgan fingerprint density at radius 1 is 1.10 bits per heavy atom. The Balaban J connectivity index is 1.53. The van der Waals surface area contributed by atoms with Crippen molar-refractivity contribution in [1.29, 1.82) is 0 Å². The summed E-state index contributed by atoms with van der Waals surface area (Å²) in [4.78, 5) is 20.3. The normalized spacial score (nSPS) is 13.5. The van der Waals surface area contributed by atoms with Crippen LogP contribution in [0.1, 0.15) is 11.1 Å². The highest BCUT2D eigenvalue weighted by Crippen LogP contribution is 2.33. The molecule has 1 aliphatic heterocycles. The van der Waals surface area contributed by atoms with Gasteiger partial charge < -0.3 is 21.1 Å². The van der Waals surface area contributed by atoms with Gasteiger partial charge in [-0.25, -0.2) is 15.0 Å². The Bertz CT molecular complexity index is 1270. The summed E-state index contributed by atoms with van der Waals surface area (Å²) in [7, 11) is 0. The van der Waals surface area contributed by atoms with E-state index in [1.54, 1.807) is 12.3 Å². The van der Waals surface area contributed by atoms with E-state index >= 15 is 0 Å². The van der Waals surface area contributed by atoms with Crippen LogP contribution in [0.15, 0.2) is 43.2 Å². The third kappa shape index (κ3) is 3.29. The summed E-state index contributed by atoms with van der Waals surface area (Å²) in [6.07, 6.45) is 5.27. The molecule has 5 rings (SSSR count). The van der Waals surface area contributed by atoms with E-state index in [0.29, 0.717) is 24.8 Å². The molecule has 0 unspecified atom stereocenters. The highest BCUT2D eigenvalue weighted by Gasteiger charge is 2.20. The number of thiazole rings is 1. The van der Waals surface area contributed by atoms with Crippen molar-refractivity contribution < 1.29 is 4.74 Å². The third-order valence-corrected chi connectivity index (χ3v) is 5.78. The molecule has 1 aromatic carbocycles. The summed E-state index contributed by atoms with van der Waals surface area (Å²) >= 11 is 1.38. The quantitative estimate of drug-likeness (QED) is 0.521. The van der Waals surface area contributed by atoms with Crippen LogP contribution in [0.3, 0.4) is 0 Å². The zero-order valence-electron chi connectivity index (χ0n) is 16.1. The zero-order chi connectivity index (χ0) is 20.7. The largest absolute Gasteiger partial charge is 0.491 e. The number of aromatic nitrogens is 4. The number of nitrogens with two attached hydrogens (primary N) is 2. The minimum atomic E-state index is 0.233.